The van der Waals surface area contributed by atoms with Crippen LogP contribution in [-0.2, 0) is 4.74 Å². The normalized spacial score (nSPS) is 20.3. The van der Waals surface area contributed by atoms with Gasteiger partial charge in [0.2, 0.25) is 0 Å². The van der Waals surface area contributed by atoms with Crippen molar-refractivity contribution in [3.05, 3.63) is 59.9 Å². The van der Waals surface area contributed by atoms with Crippen LogP contribution in [0.5, 0.6) is 5.75 Å². The van der Waals surface area contributed by atoms with E-state index in [1.165, 1.54) is 12.1 Å². The van der Waals surface area contributed by atoms with Gasteiger partial charge in [0.25, 0.3) is 5.91 Å². The molecule has 1 aliphatic heterocycles. The summed E-state index contributed by atoms with van der Waals surface area (Å²) in [5.41, 5.74) is 1.23. The van der Waals surface area contributed by atoms with E-state index in [1.54, 1.807) is 0 Å². The van der Waals surface area contributed by atoms with Gasteiger partial charge in [0.1, 0.15) is 11.4 Å². The molecule has 0 radical (unpaired) electrons. The van der Waals surface area contributed by atoms with E-state index in [2.05, 4.69) is 15.0 Å². The van der Waals surface area contributed by atoms with Gasteiger partial charge < -0.3 is 14.8 Å². The lowest BCUT2D eigenvalue weighted by molar-refractivity contribution is -0.0500. The number of amides is 1. The van der Waals surface area contributed by atoms with Gasteiger partial charge in [0.15, 0.2) is 0 Å². The first-order valence-electron chi connectivity index (χ1n) is 8.00. The molecule has 0 bridgehead atoms. The van der Waals surface area contributed by atoms with Crippen LogP contribution in [-0.4, -0.2) is 30.2 Å². The van der Waals surface area contributed by atoms with Crippen LogP contribution >= 0.6 is 0 Å². The molecule has 1 fully saturated rings. The lowest BCUT2D eigenvalue weighted by Crippen LogP contribution is -2.40. The molecule has 3 rings (SSSR count). The first-order valence-corrected chi connectivity index (χ1v) is 8.00. The van der Waals surface area contributed by atoms with E-state index in [0.29, 0.717) is 19.4 Å². The van der Waals surface area contributed by atoms with E-state index in [-0.39, 0.29) is 29.5 Å². The third-order valence-electron chi connectivity index (χ3n) is 3.98. The maximum Gasteiger partial charge on any atom is 0.387 e. The van der Waals surface area contributed by atoms with Gasteiger partial charge in [0, 0.05) is 12.6 Å². The van der Waals surface area contributed by atoms with Gasteiger partial charge in [0.05, 0.1) is 12.3 Å². The maximum absolute atomic E-state index is 12.3. The minimum atomic E-state index is -2.92. The molecule has 2 unspecified atom stereocenters. The van der Waals surface area contributed by atoms with Crippen LogP contribution in [0.25, 0.3) is 0 Å². The minimum absolute atomic E-state index is 0.0368. The quantitative estimate of drug-likeness (QED) is 0.900. The van der Waals surface area contributed by atoms with E-state index in [0.717, 1.165) is 11.8 Å². The molecule has 1 saturated heterocycles. The number of nitrogens with one attached hydrogen (secondary N) is 1. The predicted octanol–water partition coefficient (Wildman–Crippen LogP) is 3.33. The second-order valence-electron chi connectivity index (χ2n) is 5.72. The van der Waals surface area contributed by atoms with Crippen molar-refractivity contribution in [2.75, 3.05) is 6.61 Å². The summed E-state index contributed by atoms with van der Waals surface area (Å²) in [5, 5.41) is 2.92. The molecule has 1 amide bonds. The number of nitrogens with zero attached hydrogens (tertiary/aromatic N) is 1. The fourth-order valence-corrected chi connectivity index (χ4v) is 2.77. The third-order valence-corrected chi connectivity index (χ3v) is 3.98. The predicted molar refractivity (Wildman–Crippen MR) is 86.5 cm³/mol. The van der Waals surface area contributed by atoms with Crippen LogP contribution in [0.2, 0.25) is 0 Å². The van der Waals surface area contributed by atoms with Gasteiger partial charge in [-0.05, 0) is 30.5 Å². The van der Waals surface area contributed by atoms with Crippen molar-refractivity contribution < 1.29 is 23.0 Å². The zero-order chi connectivity index (χ0) is 17.6. The number of halogens is 2. The first kappa shape index (κ1) is 17.3. The Morgan fingerprint density at radius 3 is 2.72 bits per heavy atom. The molecule has 5 nitrogen and oxygen atoms in total. The number of alkyl halides is 2. The number of rotatable bonds is 5. The van der Waals surface area contributed by atoms with Crippen LogP contribution < -0.4 is 10.1 Å². The highest BCUT2D eigenvalue weighted by Gasteiger charge is 2.25. The fraction of sp³-hybridized carbons (Fsp3) is 0.333. The van der Waals surface area contributed by atoms with Crippen molar-refractivity contribution in [2.45, 2.75) is 31.6 Å². The van der Waals surface area contributed by atoms with Crippen LogP contribution in [0.3, 0.4) is 0 Å². The monoisotopic (exact) mass is 348 g/mol. The molecule has 0 spiro atoms. The molecule has 132 valence electrons. The van der Waals surface area contributed by atoms with Gasteiger partial charge in [-0.3, -0.25) is 4.79 Å². The molecule has 2 aromatic rings. The summed E-state index contributed by atoms with van der Waals surface area (Å²) >= 11 is 0. The summed E-state index contributed by atoms with van der Waals surface area (Å²) in [7, 11) is 0. The number of hydrogen-bond acceptors (Lipinski definition) is 4. The molecule has 1 aromatic carbocycles. The van der Waals surface area contributed by atoms with Crippen LogP contribution in [0.4, 0.5) is 8.78 Å². The van der Waals surface area contributed by atoms with E-state index in [1.807, 2.05) is 30.3 Å². The highest BCUT2D eigenvalue weighted by Crippen LogP contribution is 2.28. The second kappa shape index (κ2) is 8.02. The highest BCUT2D eigenvalue weighted by atomic mass is 19.3. The number of aromatic nitrogens is 1. The number of carbonyl (C=O) groups is 1. The van der Waals surface area contributed by atoms with Gasteiger partial charge in [-0.2, -0.15) is 8.78 Å². The Balaban J connectivity index is 1.58. The van der Waals surface area contributed by atoms with E-state index in [4.69, 9.17) is 4.74 Å². The molecule has 1 aromatic heterocycles. The Morgan fingerprint density at radius 1 is 1.24 bits per heavy atom. The summed E-state index contributed by atoms with van der Waals surface area (Å²) < 4.78 is 34.2. The Morgan fingerprint density at radius 2 is 2.04 bits per heavy atom. The van der Waals surface area contributed by atoms with Crippen molar-refractivity contribution in [1.82, 2.24) is 10.3 Å². The van der Waals surface area contributed by atoms with E-state index < -0.39 is 6.61 Å². The summed E-state index contributed by atoms with van der Waals surface area (Å²) in [6.07, 6.45) is 2.43. The molecule has 0 aliphatic carbocycles. The van der Waals surface area contributed by atoms with Crippen molar-refractivity contribution in [3.8, 4) is 5.75 Å². The maximum atomic E-state index is 12.3. The lowest BCUT2D eigenvalue weighted by atomic mass is 9.97. The number of carbonyl (C=O) groups excluding carboxylic acids is 1. The summed E-state index contributed by atoms with van der Waals surface area (Å²) in [6, 6.07) is 12.5. The van der Waals surface area contributed by atoms with Gasteiger partial charge >= 0.3 is 6.61 Å². The van der Waals surface area contributed by atoms with Crippen molar-refractivity contribution in [1.29, 1.82) is 0 Å². The molecule has 0 saturated carbocycles. The number of pyridine rings is 1. The second-order valence-corrected chi connectivity index (χ2v) is 5.72. The zero-order valence-corrected chi connectivity index (χ0v) is 13.4. The smallest absolute Gasteiger partial charge is 0.387 e. The van der Waals surface area contributed by atoms with Crippen molar-refractivity contribution in [2.24, 2.45) is 0 Å². The topological polar surface area (TPSA) is 60.5 Å². The van der Waals surface area contributed by atoms with Gasteiger partial charge in [-0.1, -0.05) is 30.3 Å². The number of ether oxygens (including phenoxy) is 2. The van der Waals surface area contributed by atoms with Crippen molar-refractivity contribution >= 4 is 5.91 Å². The van der Waals surface area contributed by atoms with Crippen LogP contribution in [0.15, 0.2) is 48.7 Å². The zero-order valence-electron chi connectivity index (χ0n) is 13.4. The largest absolute Gasteiger partial charge is 0.433 e. The first-order chi connectivity index (χ1) is 12.1. The van der Waals surface area contributed by atoms with E-state index in [9.17, 15) is 13.6 Å². The minimum Gasteiger partial charge on any atom is -0.433 e. The summed E-state index contributed by atoms with van der Waals surface area (Å²) in [5.74, 6) is -0.427. The highest BCUT2D eigenvalue weighted by molar-refractivity contribution is 5.92. The Labute approximate surface area is 144 Å². The standard InChI is InChI=1S/C18H18F2N2O3/c19-18(20)25-14-6-7-15(21-11-14)17(23)22-13-8-9-24-16(10-13)12-4-2-1-3-5-12/h1-7,11,13,16,18H,8-10H2,(H,22,23). The van der Waals surface area contributed by atoms with Gasteiger partial charge in [-0.25, -0.2) is 4.98 Å². The number of hydrogen-bond donors (Lipinski definition) is 1. The molecule has 1 N–H and O–H groups in total. The molecule has 25 heavy (non-hydrogen) atoms. The summed E-state index contributed by atoms with van der Waals surface area (Å²) in [4.78, 5) is 16.2. The molecular weight excluding hydrogens is 330 g/mol. The van der Waals surface area contributed by atoms with Crippen LogP contribution in [0.1, 0.15) is 35.0 Å². The molecule has 2 atom stereocenters. The average molecular weight is 348 g/mol. The molecular formula is C18H18F2N2O3. The Bertz CT molecular complexity index is 695. The SMILES string of the molecule is O=C(NC1CCOC(c2ccccc2)C1)c1ccc(OC(F)F)cn1. The van der Waals surface area contributed by atoms with Crippen molar-refractivity contribution in [3.63, 3.8) is 0 Å². The lowest BCUT2D eigenvalue weighted by Gasteiger charge is -2.30. The molecule has 1 aliphatic rings. The Kier molecular flexibility index (Phi) is 5.55. The summed E-state index contributed by atoms with van der Waals surface area (Å²) in [6.45, 7) is -2.36. The molecule has 2 heterocycles. The van der Waals surface area contributed by atoms with E-state index >= 15 is 0 Å². The molecule has 7 heteroatoms. The Hall–Kier alpha value is -2.54. The fourth-order valence-electron chi connectivity index (χ4n) is 2.77. The third kappa shape index (κ3) is 4.73. The number of benzene rings is 1. The van der Waals surface area contributed by atoms with Crippen LogP contribution in [0, 0.1) is 0 Å². The average Bonchev–Trinajstić information content (AvgIpc) is 2.63. The van der Waals surface area contributed by atoms with Gasteiger partial charge in [-0.15, -0.1) is 0 Å².